The highest BCUT2D eigenvalue weighted by molar-refractivity contribution is 6.01. The Labute approximate surface area is 140 Å². The molecule has 1 aliphatic carbocycles. The molecule has 1 aromatic carbocycles. The summed E-state index contributed by atoms with van der Waals surface area (Å²) < 4.78 is 0. The van der Waals surface area contributed by atoms with Crippen LogP contribution in [-0.4, -0.2) is 15.9 Å². The van der Waals surface area contributed by atoms with Crippen LogP contribution in [0.5, 0.6) is 0 Å². The summed E-state index contributed by atoms with van der Waals surface area (Å²) in [6.45, 7) is 4.08. The number of carbonyl (C=O) groups is 1. The molecule has 2 N–H and O–H groups in total. The van der Waals surface area contributed by atoms with E-state index in [9.17, 15) is 4.79 Å². The minimum atomic E-state index is -0.327. The van der Waals surface area contributed by atoms with Crippen LogP contribution in [0.2, 0.25) is 0 Å². The van der Waals surface area contributed by atoms with Crippen LogP contribution in [-0.2, 0) is 5.54 Å². The number of benzene rings is 1. The highest BCUT2D eigenvalue weighted by Gasteiger charge is 2.35. The number of nitrogens with zero attached hydrogens (tertiary/aromatic N) is 1. The zero-order valence-corrected chi connectivity index (χ0v) is 13.8. The number of nitrogens with one attached hydrogen (secondary N) is 2. The van der Waals surface area contributed by atoms with E-state index in [0.717, 1.165) is 33.3 Å². The highest BCUT2D eigenvalue weighted by atomic mass is 16.2. The van der Waals surface area contributed by atoms with Crippen LogP contribution < -0.4 is 5.32 Å². The molecule has 0 spiro atoms. The van der Waals surface area contributed by atoms with Gasteiger partial charge >= 0.3 is 0 Å². The number of pyridine rings is 1. The average Bonchev–Trinajstić information content (AvgIpc) is 3.28. The van der Waals surface area contributed by atoms with E-state index in [4.69, 9.17) is 4.98 Å². The summed E-state index contributed by atoms with van der Waals surface area (Å²) >= 11 is 0. The van der Waals surface area contributed by atoms with Gasteiger partial charge in [-0.25, -0.2) is 4.98 Å². The number of aromatic amines is 1. The molecule has 0 radical (unpaired) electrons. The molecule has 1 saturated carbocycles. The Morgan fingerprint density at radius 2 is 1.96 bits per heavy atom. The minimum Gasteiger partial charge on any atom is -0.346 e. The van der Waals surface area contributed by atoms with Crippen molar-refractivity contribution in [1.82, 2.24) is 15.3 Å². The Morgan fingerprint density at radius 1 is 1.12 bits per heavy atom. The van der Waals surface area contributed by atoms with E-state index in [-0.39, 0.29) is 11.4 Å². The smallest absolute Gasteiger partial charge is 0.252 e. The quantitative estimate of drug-likeness (QED) is 0.748. The van der Waals surface area contributed by atoms with Crippen molar-refractivity contribution in [3.05, 3.63) is 53.3 Å². The van der Waals surface area contributed by atoms with Crippen LogP contribution in [0.15, 0.2) is 36.5 Å². The minimum absolute atomic E-state index is 0.0104. The number of hydrogen-bond donors (Lipinski definition) is 2. The van der Waals surface area contributed by atoms with E-state index in [1.807, 2.05) is 32.2 Å². The van der Waals surface area contributed by atoms with Gasteiger partial charge in [0.05, 0.1) is 5.54 Å². The first-order valence-electron chi connectivity index (χ1n) is 8.48. The number of aromatic nitrogens is 2. The van der Waals surface area contributed by atoms with Crippen LogP contribution in [0, 0.1) is 0 Å². The Bertz CT molecular complexity index is 995. The summed E-state index contributed by atoms with van der Waals surface area (Å²) in [6, 6.07) is 10.4. The number of carbonyl (C=O) groups excluding carboxylic acids is 1. The summed E-state index contributed by atoms with van der Waals surface area (Å²) in [5, 5.41) is 4.17. The van der Waals surface area contributed by atoms with Gasteiger partial charge in [-0.2, -0.15) is 0 Å². The van der Waals surface area contributed by atoms with Crippen LogP contribution in [0.25, 0.3) is 22.2 Å². The second-order valence-corrected chi connectivity index (χ2v) is 7.45. The van der Waals surface area contributed by atoms with Gasteiger partial charge in [0.2, 0.25) is 0 Å². The summed E-state index contributed by atoms with van der Waals surface area (Å²) in [7, 11) is 0. The molecule has 0 atom stereocenters. The average molecular weight is 317 g/mol. The number of fused-ring (bicyclic) bond motifs is 2. The molecule has 1 amide bonds. The zero-order valence-electron chi connectivity index (χ0n) is 13.8. The molecule has 2 aliphatic rings. The maximum absolute atomic E-state index is 12.1. The van der Waals surface area contributed by atoms with Gasteiger partial charge in [0.1, 0.15) is 5.65 Å². The van der Waals surface area contributed by atoms with E-state index in [1.165, 1.54) is 18.5 Å². The van der Waals surface area contributed by atoms with Gasteiger partial charge in [0.15, 0.2) is 0 Å². The fraction of sp³-hybridized carbons (Fsp3) is 0.300. The van der Waals surface area contributed by atoms with Crippen molar-refractivity contribution in [1.29, 1.82) is 0 Å². The third kappa shape index (κ3) is 1.92. The zero-order chi connectivity index (χ0) is 16.5. The lowest BCUT2D eigenvalue weighted by Crippen LogP contribution is -2.32. The normalized spacial score (nSPS) is 18.7. The second kappa shape index (κ2) is 4.47. The first kappa shape index (κ1) is 13.8. The Kier molecular flexibility index (Phi) is 2.57. The monoisotopic (exact) mass is 317 g/mol. The predicted molar refractivity (Wildman–Crippen MR) is 94.0 cm³/mol. The second-order valence-electron chi connectivity index (χ2n) is 7.45. The molecule has 5 rings (SSSR count). The third-order valence-corrected chi connectivity index (χ3v) is 5.23. The van der Waals surface area contributed by atoms with Gasteiger partial charge in [0, 0.05) is 34.3 Å². The molecular formula is C20H19N3O. The Balaban J connectivity index is 1.64. The van der Waals surface area contributed by atoms with Crippen molar-refractivity contribution in [2.75, 3.05) is 0 Å². The van der Waals surface area contributed by atoms with E-state index < -0.39 is 0 Å². The van der Waals surface area contributed by atoms with Crippen LogP contribution in [0.3, 0.4) is 0 Å². The molecule has 4 heteroatoms. The van der Waals surface area contributed by atoms with Gasteiger partial charge in [-0.15, -0.1) is 0 Å². The highest BCUT2D eigenvalue weighted by Crippen LogP contribution is 2.40. The Hall–Kier alpha value is -2.62. The molecule has 0 saturated heterocycles. The molecule has 24 heavy (non-hydrogen) atoms. The number of hydrogen-bond acceptors (Lipinski definition) is 2. The number of H-pyrrole nitrogens is 1. The Morgan fingerprint density at radius 3 is 2.75 bits per heavy atom. The van der Waals surface area contributed by atoms with Crippen LogP contribution in [0.1, 0.15) is 54.2 Å². The topological polar surface area (TPSA) is 57.8 Å². The molecule has 0 unspecified atom stereocenters. The molecule has 1 fully saturated rings. The lowest BCUT2D eigenvalue weighted by molar-refractivity contribution is 0.0940. The molecule has 2 aromatic heterocycles. The van der Waals surface area contributed by atoms with Gasteiger partial charge in [-0.1, -0.05) is 6.07 Å². The van der Waals surface area contributed by atoms with E-state index in [0.29, 0.717) is 5.92 Å². The summed E-state index contributed by atoms with van der Waals surface area (Å²) in [5.74, 6) is 0.662. The van der Waals surface area contributed by atoms with Crippen LogP contribution >= 0.6 is 0 Å². The number of amides is 1. The molecule has 0 bridgehead atoms. The SMILES string of the molecule is CC1(C)NC(=O)c2ccc(-c3c[nH]c4nc(C5CC5)ccc34)cc21. The summed E-state index contributed by atoms with van der Waals surface area (Å²) in [5.41, 5.74) is 5.90. The van der Waals surface area contributed by atoms with E-state index in [1.54, 1.807) is 0 Å². The molecule has 3 heterocycles. The lowest BCUT2D eigenvalue weighted by atomic mass is 9.91. The van der Waals surface area contributed by atoms with E-state index in [2.05, 4.69) is 28.5 Å². The first-order chi connectivity index (χ1) is 11.5. The molecule has 1 aliphatic heterocycles. The van der Waals surface area contributed by atoms with Crippen molar-refractivity contribution in [3.63, 3.8) is 0 Å². The van der Waals surface area contributed by atoms with Crippen molar-refractivity contribution in [2.45, 2.75) is 38.1 Å². The molecule has 120 valence electrons. The van der Waals surface area contributed by atoms with Gasteiger partial charge in [-0.3, -0.25) is 4.79 Å². The predicted octanol–water partition coefficient (Wildman–Crippen LogP) is 4.09. The van der Waals surface area contributed by atoms with Crippen molar-refractivity contribution in [3.8, 4) is 11.1 Å². The van der Waals surface area contributed by atoms with Crippen molar-refractivity contribution < 1.29 is 4.79 Å². The fourth-order valence-electron chi connectivity index (χ4n) is 3.71. The molecule has 4 nitrogen and oxygen atoms in total. The lowest BCUT2D eigenvalue weighted by Gasteiger charge is -2.19. The van der Waals surface area contributed by atoms with E-state index >= 15 is 0 Å². The van der Waals surface area contributed by atoms with Crippen molar-refractivity contribution >= 4 is 16.9 Å². The maximum Gasteiger partial charge on any atom is 0.252 e. The summed E-state index contributed by atoms with van der Waals surface area (Å²) in [4.78, 5) is 20.2. The third-order valence-electron chi connectivity index (χ3n) is 5.23. The fourth-order valence-corrected chi connectivity index (χ4v) is 3.71. The van der Waals surface area contributed by atoms with Gasteiger partial charge in [-0.05, 0) is 62.1 Å². The summed E-state index contributed by atoms with van der Waals surface area (Å²) in [6.07, 6.45) is 4.54. The first-order valence-corrected chi connectivity index (χ1v) is 8.48. The standard InChI is InChI=1S/C20H19N3O/c1-20(2)16-9-12(5-6-14(16)19(24)23-20)15-10-21-18-13(15)7-8-17(22-18)11-3-4-11/h5-11H,3-4H2,1-2H3,(H,21,22)(H,23,24). The largest absolute Gasteiger partial charge is 0.346 e. The maximum atomic E-state index is 12.1. The van der Waals surface area contributed by atoms with Crippen molar-refractivity contribution in [2.24, 2.45) is 0 Å². The van der Waals surface area contributed by atoms with Crippen LogP contribution in [0.4, 0.5) is 0 Å². The number of rotatable bonds is 2. The molecule has 3 aromatic rings. The van der Waals surface area contributed by atoms with Gasteiger partial charge < -0.3 is 10.3 Å². The molecular weight excluding hydrogens is 298 g/mol. The van der Waals surface area contributed by atoms with Gasteiger partial charge in [0.25, 0.3) is 5.91 Å².